The third-order valence-corrected chi connectivity index (χ3v) is 6.55. The summed E-state index contributed by atoms with van der Waals surface area (Å²) in [6, 6.07) is -1.44. The molecule has 3 saturated heterocycles. The molecule has 33 heavy (non-hydrogen) atoms. The third kappa shape index (κ3) is 5.51. The summed E-state index contributed by atoms with van der Waals surface area (Å²) in [7, 11) is 0. The minimum atomic E-state index is -0.783. The Kier molecular flexibility index (Phi) is 6.97. The van der Waals surface area contributed by atoms with Crippen molar-refractivity contribution >= 4 is 17.9 Å². The molecule has 3 aliphatic heterocycles. The van der Waals surface area contributed by atoms with Crippen LogP contribution in [0.3, 0.4) is 0 Å². The maximum Gasteiger partial charge on any atom is 0.408 e. The van der Waals surface area contributed by atoms with E-state index < -0.39 is 23.8 Å². The van der Waals surface area contributed by atoms with Gasteiger partial charge in [0.15, 0.2) is 0 Å². The van der Waals surface area contributed by atoms with Crippen LogP contribution in [-0.2, 0) is 19.1 Å². The first-order chi connectivity index (χ1) is 15.7. The maximum atomic E-state index is 13.5. The van der Waals surface area contributed by atoms with Gasteiger partial charge in [0.2, 0.25) is 11.8 Å². The highest BCUT2D eigenvalue weighted by Crippen LogP contribution is 2.31. The van der Waals surface area contributed by atoms with E-state index in [0.717, 1.165) is 43.6 Å². The van der Waals surface area contributed by atoms with Crippen molar-refractivity contribution in [1.82, 2.24) is 20.9 Å². The summed E-state index contributed by atoms with van der Waals surface area (Å²) < 4.78 is 11.1. The fraction of sp³-hybridized carbons (Fsp3) is 0.708. The van der Waals surface area contributed by atoms with Gasteiger partial charge in [-0.15, -0.1) is 0 Å². The van der Waals surface area contributed by atoms with Crippen LogP contribution in [0.5, 0.6) is 0 Å². The first-order valence-electron chi connectivity index (χ1n) is 12.1. The van der Waals surface area contributed by atoms with E-state index >= 15 is 0 Å². The second-order valence-electron chi connectivity index (χ2n) is 10.2. The van der Waals surface area contributed by atoms with Crippen LogP contribution in [0.1, 0.15) is 59.3 Å². The van der Waals surface area contributed by atoms with Crippen molar-refractivity contribution in [3.05, 3.63) is 23.5 Å². The molecule has 3 heterocycles. The van der Waals surface area contributed by atoms with Gasteiger partial charge in [0.25, 0.3) is 0 Å². The van der Waals surface area contributed by atoms with Crippen molar-refractivity contribution in [3.8, 4) is 0 Å². The highest BCUT2D eigenvalue weighted by molar-refractivity contribution is 5.92. The predicted molar refractivity (Wildman–Crippen MR) is 122 cm³/mol. The number of nitrogens with one attached hydrogen (secondary N) is 3. The minimum Gasteiger partial charge on any atom is -0.493 e. The number of ether oxygens (including phenoxy) is 2. The third-order valence-electron chi connectivity index (χ3n) is 6.55. The maximum absolute atomic E-state index is 13.5. The van der Waals surface area contributed by atoms with Gasteiger partial charge < -0.3 is 30.3 Å². The van der Waals surface area contributed by atoms with Crippen molar-refractivity contribution in [2.24, 2.45) is 0 Å². The minimum absolute atomic E-state index is 0.0250. The summed E-state index contributed by atoms with van der Waals surface area (Å²) in [4.78, 5) is 40.9. The van der Waals surface area contributed by atoms with Gasteiger partial charge in [-0.1, -0.05) is 6.08 Å². The van der Waals surface area contributed by atoms with E-state index in [1.807, 2.05) is 0 Å². The Balaban J connectivity index is 1.46. The number of carbonyl (C=O) groups excluding carboxylic acids is 3. The highest BCUT2D eigenvalue weighted by Gasteiger charge is 2.44. The van der Waals surface area contributed by atoms with Crippen molar-refractivity contribution in [3.63, 3.8) is 0 Å². The van der Waals surface area contributed by atoms with Crippen molar-refractivity contribution in [2.75, 3.05) is 19.7 Å². The Morgan fingerprint density at radius 2 is 1.88 bits per heavy atom. The molecular weight excluding hydrogens is 424 g/mol. The first-order valence-corrected chi connectivity index (χ1v) is 12.1. The summed E-state index contributed by atoms with van der Waals surface area (Å²) in [5, 5.41) is 9.13. The van der Waals surface area contributed by atoms with Gasteiger partial charge in [-0.05, 0) is 65.5 Å². The number of rotatable bonds is 3. The Morgan fingerprint density at radius 3 is 2.67 bits per heavy atom. The van der Waals surface area contributed by atoms with E-state index in [2.05, 4.69) is 28.1 Å². The van der Waals surface area contributed by atoms with Gasteiger partial charge >= 0.3 is 6.09 Å². The number of hydrogen-bond acceptors (Lipinski definition) is 6. The number of allylic oxidation sites excluding steroid dienone is 2. The molecule has 0 aromatic heterocycles. The van der Waals surface area contributed by atoms with Crippen LogP contribution in [0.4, 0.5) is 4.79 Å². The highest BCUT2D eigenvalue weighted by atomic mass is 16.6. The summed E-state index contributed by atoms with van der Waals surface area (Å²) in [6.07, 6.45) is 8.37. The number of carbonyl (C=O) groups is 3. The molecule has 0 aromatic carbocycles. The van der Waals surface area contributed by atoms with Crippen LogP contribution in [0, 0.1) is 0 Å². The standard InChI is InChI=1S/C24H36N4O5/c1-24(2,3)33-23(31)27-18-14-25-12-10-15-8-9-19(28(15)22(18)30)21(29)26-17-11-13-32-20-7-5-4-6-16(17)20/h6-7,15,17-19,25H,4-5,8-14H2,1-3H3,(H,26,29)(H,27,31)/t15-,17-,18+,19+/m1/s1. The number of fused-ring (bicyclic) bond motifs is 2. The zero-order chi connectivity index (χ0) is 23.6. The van der Waals surface area contributed by atoms with Crippen molar-refractivity contribution < 1.29 is 23.9 Å². The van der Waals surface area contributed by atoms with Crippen LogP contribution < -0.4 is 16.0 Å². The Bertz CT molecular complexity index is 846. The second-order valence-corrected chi connectivity index (χ2v) is 10.2. The lowest BCUT2D eigenvalue weighted by Crippen LogP contribution is -2.61. The van der Waals surface area contributed by atoms with E-state index in [4.69, 9.17) is 9.47 Å². The largest absolute Gasteiger partial charge is 0.493 e. The van der Waals surface area contributed by atoms with Crippen LogP contribution in [-0.4, -0.2) is 72.3 Å². The summed E-state index contributed by atoms with van der Waals surface area (Å²) >= 11 is 0. The average Bonchev–Trinajstić information content (AvgIpc) is 3.17. The number of nitrogens with zero attached hydrogens (tertiary/aromatic N) is 1. The van der Waals surface area contributed by atoms with Crippen LogP contribution in [0.2, 0.25) is 0 Å². The quantitative estimate of drug-likeness (QED) is 0.592. The molecule has 0 saturated carbocycles. The van der Waals surface area contributed by atoms with Crippen LogP contribution in [0.15, 0.2) is 23.5 Å². The topological polar surface area (TPSA) is 109 Å². The summed E-state index contributed by atoms with van der Waals surface area (Å²) in [5.41, 5.74) is 0.383. The van der Waals surface area contributed by atoms with Gasteiger partial charge in [0.05, 0.1) is 12.6 Å². The lowest BCUT2D eigenvalue weighted by atomic mass is 9.93. The molecule has 1 aliphatic carbocycles. The van der Waals surface area contributed by atoms with E-state index in [0.29, 0.717) is 26.0 Å². The van der Waals surface area contributed by atoms with E-state index in [1.54, 1.807) is 25.7 Å². The van der Waals surface area contributed by atoms with Crippen LogP contribution in [0.25, 0.3) is 0 Å². The van der Waals surface area contributed by atoms with Gasteiger partial charge in [-0.3, -0.25) is 9.59 Å². The van der Waals surface area contributed by atoms with E-state index in [-0.39, 0.29) is 23.9 Å². The fourth-order valence-electron chi connectivity index (χ4n) is 5.09. The molecule has 182 valence electrons. The molecule has 4 aliphatic rings. The molecular formula is C24H36N4O5. The van der Waals surface area contributed by atoms with Crippen molar-refractivity contribution in [1.29, 1.82) is 0 Å². The van der Waals surface area contributed by atoms with Gasteiger partial charge in [0, 0.05) is 24.6 Å². The zero-order valence-electron chi connectivity index (χ0n) is 19.8. The molecule has 0 aromatic rings. The van der Waals surface area contributed by atoms with Crippen LogP contribution >= 0.6 is 0 Å². The van der Waals surface area contributed by atoms with E-state index in [1.165, 1.54) is 0 Å². The molecule has 9 heteroatoms. The SMILES string of the molecule is CC(C)(C)OC(=O)N[C@H]1CNCC[C@H]2CC[C@@H](C(=O)N[C@@H]3CCOC4=CCCC=C43)N2C1=O. The molecule has 0 radical (unpaired) electrons. The number of alkyl carbamates (subject to hydrolysis) is 1. The smallest absolute Gasteiger partial charge is 0.408 e. The lowest BCUT2D eigenvalue weighted by Gasteiger charge is -2.37. The molecule has 0 bridgehead atoms. The fourth-order valence-corrected chi connectivity index (χ4v) is 5.09. The van der Waals surface area contributed by atoms with Gasteiger partial charge in [-0.25, -0.2) is 4.79 Å². The zero-order valence-corrected chi connectivity index (χ0v) is 19.8. The molecule has 3 fully saturated rings. The Hall–Kier alpha value is -2.55. The Morgan fingerprint density at radius 1 is 1.09 bits per heavy atom. The first kappa shape index (κ1) is 23.6. The molecule has 0 unspecified atom stereocenters. The van der Waals surface area contributed by atoms with E-state index in [9.17, 15) is 14.4 Å². The monoisotopic (exact) mass is 460 g/mol. The van der Waals surface area contributed by atoms with Gasteiger partial charge in [-0.2, -0.15) is 0 Å². The van der Waals surface area contributed by atoms with Crippen molar-refractivity contribution in [2.45, 2.75) is 89.1 Å². The lowest BCUT2D eigenvalue weighted by molar-refractivity contribution is -0.142. The second kappa shape index (κ2) is 9.75. The summed E-state index contributed by atoms with van der Waals surface area (Å²) in [5.74, 6) is 0.505. The molecule has 4 atom stereocenters. The normalized spacial score (nSPS) is 29.9. The molecule has 4 rings (SSSR count). The summed E-state index contributed by atoms with van der Waals surface area (Å²) in [6.45, 7) is 6.92. The predicted octanol–water partition coefficient (Wildman–Crippen LogP) is 1.74. The Labute approximate surface area is 195 Å². The molecule has 3 N–H and O–H groups in total. The molecule has 3 amide bonds. The molecule has 0 spiro atoms. The average molecular weight is 461 g/mol. The molecule has 9 nitrogen and oxygen atoms in total. The number of hydrogen-bond donors (Lipinski definition) is 3. The number of amides is 3. The van der Waals surface area contributed by atoms with Gasteiger partial charge in [0.1, 0.15) is 23.4 Å².